The second-order valence-corrected chi connectivity index (χ2v) is 5.40. The Kier molecular flexibility index (Phi) is 3.78. The fraction of sp³-hybridized carbons (Fsp3) is 0.500. The Hall–Kier alpha value is -1.36. The zero-order valence-corrected chi connectivity index (χ0v) is 10.2. The SMILES string of the molecule is O=C(Cc1cccs1)N[C@H]1CC[C@@H](C(=O)O)C1. The molecule has 2 rings (SSSR count). The molecule has 1 heterocycles. The Morgan fingerprint density at radius 2 is 2.29 bits per heavy atom. The van der Waals surface area contributed by atoms with E-state index in [1.165, 1.54) is 0 Å². The fourth-order valence-corrected chi connectivity index (χ4v) is 2.89. The molecule has 92 valence electrons. The molecule has 0 saturated heterocycles. The number of amides is 1. The van der Waals surface area contributed by atoms with E-state index < -0.39 is 5.97 Å². The molecule has 0 bridgehead atoms. The van der Waals surface area contributed by atoms with Gasteiger partial charge in [-0.3, -0.25) is 9.59 Å². The van der Waals surface area contributed by atoms with Crippen molar-refractivity contribution in [1.82, 2.24) is 5.32 Å². The molecule has 1 aliphatic rings. The Morgan fingerprint density at radius 1 is 1.47 bits per heavy atom. The van der Waals surface area contributed by atoms with Gasteiger partial charge in [0.2, 0.25) is 5.91 Å². The van der Waals surface area contributed by atoms with Gasteiger partial charge in [-0.05, 0) is 30.7 Å². The van der Waals surface area contributed by atoms with Crippen molar-refractivity contribution in [2.24, 2.45) is 5.92 Å². The zero-order valence-electron chi connectivity index (χ0n) is 9.39. The number of thiophene rings is 1. The first-order valence-corrected chi connectivity index (χ1v) is 6.57. The number of carbonyl (C=O) groups is 2. The number of hydrogen-bond donors (Lipinski definition) is 2. The molecule has 1 saturated carbocycles. The van der Waals surface area contributed by atoms with E-state index in [0.717, 1.165) is 11.3 Å². The minimum Gasteiger partial charge on any atom is -0.481 e. The van der Waals surface area contributed by atoms with Gasteiger partial charge in [0.15, 0.2) is 0 Å². The maximum atomic E-state index is 11.7. The highest BCUT2D eigenvalue weighted by atomic mass is 32.1. The van der Waals surface area contributed by atoms with Gasteiger partial charge in [0.05, 0.1) is 12.3 Å². The number of carboxylic acid groups (broad SMARTS) is 1. The summed E-state index contributed by atoms with van der Waals surface area (Å²) in [6.45, 7) is 0. The number of carbonyl (C=O) groups excluding carboxylic acids is 1. The van der Waals surface area contributed by atoms with Crippen molar-refractivity contribution in [1.29, 1.82) is 0 Å². The number of hydrogen-bond acceptors (Lipinski definition) is 3. The Bertz CT molecular complexity index is 402. The highest BCUT2D eigenvalue weighted by molar-refractivity contribution is 7.10. The second kappa shape index (κ2) is 5.31. The average molecular weight is 253 g/mol. The van der Waals surface area contributed by atoms with Crippen molar-refractivity contribution in [2.75, 3.05) is 0 Å². The van der Waals surface area contributed by atoms with Crippen molar-refractivity contribution < 1.29 is 14.7 Å². The van der Waals surface area contributed by atoms with E-state index >= 15 is 0 Å². The molecular formula is C12H15NO3S. The molecule has 2 N–H and O–H groups in total. The van der Waals surface area contributed by atoms with Gasteiger partial charge in [-0.15, -0.1) is 11.3 Å². The van der Waals surface area contributed by atoms with E-state index in [1.54, 1.807) is 11.3 Å². The van der Waals surface area contributed by atoms with Crippen LogP contribution in [0.5, 0.6) is 0 Å². The summed E-state index contributed by atoms with van der Waals surface area (Å²) in [6, 6.07) is 3.88. The minimum atomic E-state index is -0.750. The van der Waals surface area contributed by atoms with Crippen LogP contribution in [0.2, 0.25) is 0 Å². The maximum Gasteiger partial charge on any atom is 0.306 e. The first-order chi connectivity index (χ1) is 8.15. The second-order valence-electron chi connectivity index (χ2n) is 4.37. The first kappa shape index (κ1) is 12.1. The summed E-state index contributed by atoms with van der Waals surface area (Å²) < 4.78 is 0. The smallest absolute Gasteiger partial charge is 0.306 e. The van der Waals surface area contributed by atoms with E-state index in [2.05, 4.69) is 5.32 Å². The van der Waals surface area contributed by atoms with Gasteiger partial charge in [0, 0.05) is 10.9 Å². The normalized spacial score (nSPS) is 23.5. The number of aliphatic carboxylic acids is 1. The number of carboxylic acids is 1. The van der Waals surface area contributed by atoms with Crippen LogP contribution in [0.3, 0.4) is 0 Å². The Morgan fingerprint density at radius 3 is 2.88 bits per heavy atom. The molecule has 5 heteroatoms. The molecule has 0 unspecified atom stereocenters. The third kappa shape index (κ3) is 3.30. The zero-order chi connectivity index (χ0) is 12.3. The molecule has 1 aromatic heterocycles. The summed E-state index contributed by atoms with van der Waals surface area (Å²) in [7, 11) is 0. The molecule has 4 nitrogen and oxygen atoms in total. The van der Waals surface area contributed by atoms with Crippen LogP contribution < -0.4 is 5.32 Å². The summed E-state index contributed by atoms with van der Waals surface area (Å²) in [5.74, 6) is -1.05. The Labute approximate surface area is 104 Å². The van der Waals surface area contributed by atoms with E-state index in [1.807, 2.05) is 17.5 Å². The van der Waals surface area contributed by atoms with E-state index in [-0.39, 0.29) is 17.9 Å². The van der Waals surface area contributed by atoms with Gasteiger partial charge in [0.1, 0.15) is 0 Å². The third-order valence-electron chi connectivity index (χ3n) is 3.06. The van der Waals surface area contributed by atoms with E-state index in [0.29, 0.717) is 19.3 Å². The molecule has 0 aliphatic heterocycles. The van der Waals surface area contributed by atoms with Crippen LogP contribution in [-0.4, -0.2) is 23.0 Å². The standard InChI is InChI=1S/C12H15NO3S/c14-11(7-10-2-1-5-17-10)13-9-4-3-8(6-9)12(15)16/h1-2,5,8-9H,3-4,6-7H2,(H,13,14)(H,15,16)/t8-,9+/m1/s1. The molecule has 0 radical (unpaired) electrons. The van der Waals surface area contributed by atoms with Gasteiger partial charge in [-0.2, -0.15) is 0 Å². The van der Waals surface area contributed by atoms with E-state index in [4.69, 9.17) is 5.11 Å². The summed E-state index contributed by atoms with van der Waals surface area (Å²) in [4.78, 5) is 23.5. The molecule has 1 aliphatic carbocycles. The van der Waals surface area contributed by atoms with Gasteiger partial charge in [-0.25, -0.2) is 0 Å². The largest absolute Gasteiger partial charge is 0.481 e. The predicted molar refractivity (Wildman–Crippen MR) is 64.9 cm³/mol. The lowest BCUT2D eigenvalue weighted by Crippen LogP contribution is -2.34. The molecule has 0 spiro atoms. The highest BCUT2D eigenvalue weighted by Crippen LogP contribution is 2.25. The van der Waals surface area contributed by atoms with Crippen molar-refractivity contribution in [3.63, 3.8) is 0 Å². The average Bonchev–Trinajstić information content (AvgIpc) is 2.88. The topological polar surface area (TPSA) is 66.4 Å². The summed E-state index contributed by atoms with van der Waals surface area (Å²) in [6.07, 6.45) is 2.39. The van der Waals surface area contributed by atoms with E-state index in [9.17, 15) is 9.59 Å². The minimum absolute atomic E-state index is 0.0107. The lowest BCUT2D eigenvalue weighted by Gasteiger charge is -2.11. The molecule has 1 aromatic rings. The van der Waals surface area contributed by atoms with Crippen LogP contribution in [0.1, 0.15) is 24.1 Å². The molecular weight excluding hydrogens is 238 g/mol. The monoisotopic (exact) mass is 253 g/mol. The molecule has 0 aromatic carbocycles. The number of rotatable bonds is 4. The van der Waals surface area contributed by atoms with Crippen molar-refractivity contribution >= 4 is 23.2 Å². The van der Waals surface area contributed by atoms with Crippen LogP contribution >= 0.6 is 11.3 Å². The first-order valence-electron chi connectivity index (χ1n) is 5.69. The van der Waals surface area contributed by atoms with Crippen molar-refractivity contribution in [2.45, 2.75) is 31.7 Å². The molecule has 1 amide bonds. The highest BCUT2D eigenvalue weighted by Gasteiger charge is 2.30. The Balaban J connectivity index is 1.78. The third-order valence-corrected chi connectivity index (χ3v) is 3.94. The van der Waals surface area contributed by atoms with Crippen LogP contribution in [0.25, 0.3) is 0 Å². The van der Waals surface area contributed by atoms with Crippen molar-refractivity contribution in [3.8, 4) is 0 Å². The van der Waals surface area contributed by atoms with Crippen LogP contribution in [0.4, 0.5) is 0 Å². The van der Waals surface area contributed by atoms with Gasteiger partial charge < -0.3 is 10.4 Å². The lowest BCUT2D eigenvalue weighted by molar-refractivity contribution is -0.141. The molecule has 2 atom stereocenters. The lowest BCUT2D eigenvalue weighted by atomic mass is 10.1. The van der Waals surface area contributed by atoms with Gasteiger partial charge in [0.25, 0.3) is 0 Å². The van der Waals surface area contributed by atoms with Crippen LogP contribution in [-0.2, 0) is 16.0 Å². The van der Waals surface area contributed by atoms with Crippen LogP contribution in [0.15, 0.2) is 17.5 Å². The van der Waals surface area contributed by atoms with Crippen molar-refractivity contribution in [3.05, 3.63) is 22.4 Å². The number of nitrogens with one attached hydrogen (secondary N) is 1. The molecule has 1 fully saturated rings. The quantitative estimate of drug-likeness (QED) is 0.857. The van der Waals surface area contributed by atoms with Crippen LogP contribution in [0, 0.1) is 5.92 Å². The van der Waals surface area contributed by atoms with Gasteiger partial charge in [-0.1, -0.05) is 6.07 Å². The maximum absolute atomic E-state index is 11.7. The summed E-state index contributed by atoms with van der Waals surface area (Å²) >= 11 is 1.56. The summed E-state index contributed by atoms with van der Waals surface area (Å²) in [5, 5.41) is 13.7. The fourth-order valence-electron chi connectivity index (χ4n) is 2.19. The van der Waals surface area contributed by atoms with Gasteiger partial charge >= 0.3 is 5.97 Å². The predicted octanol–water partition coefficient (Wildman–Crippen LogP) is 1.66. The molecule has 17 heavy (non-hydrogen) atoms. The summed E-state index contributed by atoms with van der Waals surface area (Å²) in [5.41, 5.74) is 0.